The van der Waals surface area contributed by atoms with Gasteiger partial charge < -0.3 is 10.6 Å². The second-order valence-corrected chi connectivity index (χ2v) is 9.59. The molecule has 4 aliphatic rings. The SMILES string of the molecule is CCN(CC(=O)NC(C)C)CC(=O)N[C@H](C)C12CC3CC(CC(C3)C1)C2. The van der Waals surface area contributed by atoms with Gasteiger partial charge in [-0.3, -0.25) is 14.5 Å². The molecule has 1 atom stereocenters. The van der Waals surface area contributed by atoms with E-state index in [-0.39, 0.29) is 30.4 Å². The van der Waals surface area contributed by atoms with E-state index < -0.39 is 0 Å². The Morgan fingerprint density at radius 2 is 1.38 bits per heavy atom. The molecule has 0 aliphatic heterocycles. The quantitative estimate of drug-likeness (QED) is 0.697. The summed E-state index contributed by atoms with van der Waals surface area (Å²) in [4.78, 5) is 26.5. The molecule has 0 aromatic carbocycles. The van der Waals surface area contributed by atoms with Crippen LogP contribution in [0, 0.1) is 23.2 Å². The Labute approximate surface area is 158 Å². The predicted octanol–water partition coefficient (Wildman–Crippen LogP) is 2.55. The van der Waals surface area contributed by atoms with Gasteiger partial charge in [-0.25, -0.2) is 0 Å². The standard InChI is InChI=1S/C21H37N3O2/c1-5-24(12-19(25)22-14(2)3)13-20(26)23-15(4)21-9-16-6-17(10-21)8-18(7-16)11-21/h14-18H,5-13H2,1-4H3,(H,22,25)(H,23,26)/t15-,16?,17?,18?,21?/m1/s1. The van der Waals surface area contributed by atoms with Crippen molar-refractivity contribution in [3.8, 4) is 0 Å². The molecule has 0 aromatic rings. The van der Waals surface area contributed by atoms with Crippen LogP contribution in [0.3, 0.4) is 0 Å². The Morgan fingerprint density at radius 3 is 1.81 bits per heavy atom. The highest BCUT2D eigenvalue weighted by atomic mass is 16.2. The van der Waals surface area contributed by atoms with Crippen LogP contribution in [0.15, 0.2) is 0 Å². The fourth-order valence-electron chi connectivity index (χ4n) is 6.20. The topological polar surface area (TPSA) is 61.4 Å². The van der Waals surface area contributed by atoms with Gasteiger partial charge in [-0.2, -0.15) is 0 Å². The van der Waals surface area contributed by atoms with Crippen molar-refractivity contribution in [2.24, 2.45) is 23.2 Å². The minimum absolute atomic E-state index is 0.0104. The molecule has 5 nitrogen and oxygen atoms in total. The zero-order valence-corrected chi connectivity index (χ0v) is 17.0. The van der Waals surface area contributed by atoms with Crippen molar-refractivity contribution in [2.45, 2.75) is 78.3 Å². The van der Waals surface area contributed by atoms with Gasteiger partial charge in [-0.15, -0.1) is 0 Å². The lowest BCUT2D eigenvalue weighted by Gasteiger charge is -2.59. The van der Waals surface area contributed by atoms with E-state index in [0.29, 0.717) is 18.5 Å². The number of carbonyl (C=O) groups excluding carboxylic acids is 2. The van der Waals surface area contributed by atoms with E-state index in [1.54, 1.807) is 0 Å². The summed E-state index contributed by atoms with van der Waals surface area (Å²) >= 11 is 0. The first-order chi connectivity index (χ1) is 12.3. The van der Waals surface area contributed by atoms with Crippen LogP contribution in [0.1, 0.15) is 66.2 Å². The normalized spacial score (nSPS) is 33.5. The summed E-state index contributed by atoms with van der Waals surface area (Å²) in [5.74, 6) is 2.74. The van der Waals surface area contributed by atoms with Crippen LogP contribution in [0.5, 0.6) is 0 Å². The highest BCUT2D eigenvalue weighted by Crippen LogP contribution is 2.61. The Kier molecular flexibility index (Phi) is 5.95. The molecule has 4 aliphatic carbocycles. The van der Waals surface area contributed by atoms with Crippen molar-refractivity contribution >= 4 is 11.8 Å². The highest BCUT2D eigenvalue weighted by molar-refractivity contribution is 5.81. The molecule has 0 aromatic heterocycles. The molecule has 0 saturated heterocycles. The van der Waals surface area contributed by atoms with Crippen molar-refractivity contribution < 1.29 is 9.59 Å². The monoisotopic (exact) mass is 363 g/mol. The first-order valence-corrected chi connectivity index (χ1v) is 10.6. The molecular formula is C21H37N3O2. The molecule has 5 heteroatoms. The first-order valence-electron chi connectivity index (χ1n) is 10.6. The maximum Gasteiger partial charge on any atom is 0.234 e. The second-order valence-electron chi connectivity index (χ2n) is 9.59. The van der Waals surface area contributed by atoms with Crippen molar-refractivity contribution in [3.63, 3.8) is 0 Å². The van der Waals surface area contributed by atoms with E-state index in [1.807, 2.05) is 25.7 Å². The third kappa shape index (κ3) is 4.41. The Morgan fingerprint density at radius 1 is 0.923 bits per heavy atom. The molecule has 0 unspecified atom stereocenters. The van der Waals surface area contributed by atoms with Crippen LogP contribution in [0.25, 0.3) is 0 Å². The smallest absolute Gasteiger partial charge is 0.234 e. The molecule has 2 amide bonds. The third-order valence-electron chi connectivity index (χ3n) is 7.01. The maximum absolute atomic E-state index is 12.6. The lowest BCUT2D eigenvalue weighted by Crippen LogP contribution is -2.57. The number of hydrogen-bond donors (Lipinski definition) is 2. The van der Waals surface area contributed by atoms with Gasteiger partial charge in [0.1, 0.15) is 0 Å². The summed E-state index contributed by atoms with van der Waals surface area (Å²) in [6, 6.07) is 0.373. The molecule has 148 valence electrons. The summed E-state index contributed by atoms with van der Waals surface area (Å²) < 4.78 is 0. The molecule has 2 N–H and O–H groups in total. The summed E-state index contributed by atoms with van der Waals surface area (Å²) in [6.07, 6.45) is 8.18. The van der Waals surface area contributed by atoms with E-state index >= 15 is 0 Å². The molecule has 4 bridgehead atoms. The van der Waals surface area contributed by atoms with Gasteiger partial charge in [-0.1, -0.05) is 6.92 Å². The van der Waals surface area contributed by atoms with E-state index in [2.05, 4.69) is 17.6 Å². The molecule has 0 radical (unpaired) electrons. The molecule has 26 heavy (non-hydrogen) atoms. The predicted molar refractivity (Wildman–Crippen MR) is 104 cm³/mol. The molecule has 0 spiro atoms. The zero-order chi connectivity index (χ0) is 18.9. The molecular weight excluding hydrogens is 326 g/mol. The van der Waals surface area contributed by atoms with Crippen molar-refractivity contribution in [1.82, 2.24) is 15.5 Å². The van der Waals surface area contributed by atoms with E-state index in [1.165, 1.54) is 38.5 Å². The van der Waals surface area contributed by atoms with Gasteiger partial charge in [-0.05, 0) is 89.0 Å². The van der Waals surface area contributed by atoms with E-state index in [4.69, 9.17) is 0 Å². The first kappa shape index (κ1) is 19.7. The van der Waals surface area contributed by atoms with Crippen LogP contribution in [0.4, 0.5) is 0 Å². The van der Waals surface area contributed by atoms with Crippen LogP contribution >= 0.6 is 0 Å². The lowest BCUT2D eigenvalue weighted by molar-refractivity contribution is -0.128. The molecule has 4 rings (SSSR count). The van der Waals surface area contributed by atoms with Crippen LogP contribution < -0.4 is 10.6 Å². The fraction of sp³-hybridized carbons (Fsp3) is 0.905. The number of nitrogens with zero attached hydrogens (tertiary/aromatic N) is 1. The van der Waals surface area contributed by atoms with Crippen molar-refractivity contribution in [3.05, 3.63) is 0 Å². The number of rotatable bonds is 8. The second kappa shape index (κ2) is 7.87. The van der Waals surface area contributed by atoms with E-state index in [0.717, 1.165) is 17.8 Å². The Hall–Kier alpha value is -1.10. The fourth-order valence-corrected chi connectivity index (χ4v) is 6.20. The minimum Gasteiger partial charge on any atom is -0.353 e. The summed E-state index contributed by atoms with van der Waals surface area (Å²) in [5.41, 5.74) is 0.330. The van der Waals surface area contributed by atoms with Gasteiger partial charge in [0.2, 0.25) is 11.8 Å². The van der Waals surface area contributed by atoms with E-state index in [9.17, 15) is 9.59 Å². The van der Waals surface area contributed by atoms with Crippen molar-refractivity contribution in [2.75, 3.05) is 19.6 Å². The van der Waals surface area contributed by atoms with Gasteiger partial charge >= 0.3 is 0 Å². The summed E-state index contributed by atoms with van der Waals surface area (Å²) in [5, 5.41) is 6.20. The number of hydrogen-bond acceptors (Lipinski definition) is 3. The Bertz CT molecular complexity index is 496. The van der Waals surface area contributed by atoms with Gasteiger partial charge in [0, 0.05) is 12.1 Å². The maximum atomic E-state index is 12.6. The highest BCUT2D eigenvalue weighted by Gasteiger charge is 2.53. The van der Waals surface area contributed by atoms with Crippen molar-refractivity contribution in [1.29, 1.82) is 0 Å². The number of likely N-dealkylation sites (N-methyl/N-ethyl adjacent to an activating group) is 1. The minimum atomic E-state index is -0.0104. The average Bonchev–Trinajstić information content (AvgIpc) is 2.51. The largest absolute Gasteiger partial charge is 0.353 e. The molecule has 4 fully saturated rings. The van der Waals surface area contributed by atoms with Crippen LogP contribution in [-0.2, 0) is 9.59 Å². The van der Waals surface area contributed by atoms with Crippen LogP contribution in [0.2, 0.25) is 0 Å². The molecule has 4 saturated carbocycles. The number of carbonyl (C=O) groups is 2. The summed E-state index contributed by atoms with van der Waals surface area (Å²) in [7, 11) is 0. The summed E-state index contributed by atoms with van der Waals surface area (Å²) in [6.45, 7) is 9.41. The number of nitrogens with one attached hydrogen (secondary N) is 2. The van der Waals surface area contributed by atoms with Gasteiger partial charge in [0.25, 0.3) is 0 Å². The third-order valence-corrected chi connectivity index (χ3v) is 7.01. The number of amides is 2. The van der Waals surface area contributed by atoms with Crippen LogP contribution in [-0.4, -0.2) is 48.4 Å². The Balaban J connectivity index is 1.51. The lowest BCUT2D eigenvalue weighted by atomic mass is 9.48. The van der Waals surface area contributed by atoms with Gasteiger partial charge in [0.05, 0.1) is 13.1 Å². The van der Waals surface area contributed by atoms with Gasteiger partial charge in [0.15, 0.2) is 0 Å². The average molecular weight is 364 g/mol. The molecule has 0 heterocycles. The zero-order valence-electron chi connectivity index (χ0n) is 17.0.